The van der Waals surface area contributed by atoms with Crippen LogP contribution in [0.15, 0.2) is 263 Å². The van der Waals surface area contributed by atoms with E-state index in [0.717, 1.165) is 155 Å². The second kappa shape index (κ2) is 42.8. The second-order valence-electron chi connectivity index (χ2n) is 26.5. The lowest BCUT2D eigenvalue weighted by atomic mass is 9.99. The number of amidine groups is 2. The van der Waals surface area contributed by atoms with Crippen molar-refractivity contribution in [2.75, 3.05) is 67.4 Å². The smallest absolute Gasteiger partial charge is 0.206 e. The summed E-state index contributed by atoms with van der Waals surface area (Å²) >= 11 is 24.5. The van der Waals surface area contributed by atoms with Gasteiger partial charge >= 0.3 is 0 Å². The van der Waals surface area contributed by atoms with E-state index in [-0.39, 0.29) is 25.3 Å². The van der Waals surface area contributed by atoms with Gasteiger partial charge in [-0.3, -0.25) is 18.8 Å². The molecule has 14 aromatic rings. The molecule has 3 atom stereocenters. The van der Waals surface area contributed by atoms with Gasteiger partial charge in [0.05, 0.1) is 83.8 Å². The van der Waals surface area contributed by atoms with E-state index >= 15 is 0 Å². The number of fused-ring (bicyclic) bond motifs is 3. The van der Waals surface area contributed by atoms with Crippen molar-refractivity contribution in [2.45, 2.75) is 87.2 Å². The van der Waals surface area contributed by atoms with Gasteiger partial charge in [0.15, 0.2) is 31.4 Å². The van der Waals surface area contributed by atoms with Crippen LogP contribution >= 0.6 is 118 Å². The fourth-order valence-corrected chi connectivity index (χ4v) is 16.3. The Hall–Kier alpha value is -9.37. The number of nitrogens with zero attached hydrogens (tertiary/aromatic N) is 16. The third kappa shape index (κ3) is 23.1. The SMILES string of the molecule is CSC1=NC(c2ccccc2)=C(Br)C2=NC(C)CN12.CSc1nc(-c2ccccc2)c(Br)c2nc(C)cn12.CSc1nc(Cl)cc(-c2ccccc2)n1.CSc1nc(NC(C)CO)c(Br)c(-c2ccccc2)n1.CSc1nc(NC(C)CO)cc(-c2ccccc2)n1.Cc1cc(-c2c(-c3ccccc3)nc(N)n3cc(C)nc23)cc(C)n1. The third-order valence-electron chi connectivity index (χ3n) is 17.4. The standard InChI is InChI=1S/C20H19N5.C14H16BrN3OS.C14H14BrN3S.C14H12BrN3S.C14H17N3OS.C11H9ClN2S/c1-12-9-16(10-13(2)22-12)17-18(15-7-5-4-6-8-15)24-20(21)25-11-14(3)23-19(17)25;1-9(8-19)16-13-11(15)12(17-14(18-13)20-2)10-6-4-3-5-7-10;2*1-9-8-18-13(16-9)11(15)12(17-14(18)19-2)10-6-4-3-5-7-10;1-10(9-18)15-13-8-12(16-14(17-13)19-2)11-6-4-3-5-7-11;1-15-11-13-9(7-10(12)14-11)8-5-3-2-4-6-8/h4-11H,1-3H3,(H2,21,24);3-7,9,19H,8H2,1-2H3,(H,16,17,18);3-7,9H,8H2,1-2H3;3-8H,1-2H3;3-8,10,18H,9H2,1-2H3,(H,15,16,17);2-7H,1H3. The Labute approximate surface area is 733 Å². The van der Waals surface area contributed by atoms with Gasteiger partial charge in [0.2, 0.25) is 5.95 Å². The number of pyridine rings is 1. The summed E-state index contributed by atoms with van der Waals surface area (Å²) in [7, 11) is 0. The Kier molecular flexibility index (Phi) is 32.4. The second-order valence-corrected chi connectivity index (χ2v) is 33.1. The molecule has 0 aliphatic carbocycles. The highest BCUT2D eigenvalue weighted by Gasteiger charge is 2.33. The Morgan fingerprint density at radius 3 is 1.44 bits per heavy atom. The summed E-state index contributed by atoms with van der Waals surface area (Å²) in [5.41, 5.74) is 25.5. The molecule has 2 aliphatic heterocycles. The van der Waals surface area contributed by atoms with E-state index in [2.05, 4.69) is 153 Å². The van der Waals surface area contributed by atoms with Crippen LogP contribution in [0.3, 0.4) is 0 Å². The number of nitrogens with two attached hydrogens (primary N) is 1. The fraction of sp³-hybridized carbons (Fsp3) is 0.207. The molecule has 16 rings (SSSR count). The molecular weight excluding hydrogens is 1780 g/mol. The summed E-state index contributed by atoms with van der Waals surface area (Å²) in [5.74, 6) is 2.87. The van der Waals surface area contributed by atoms with Gasteiger partial charge in [-0.15, -0.1) is 0 Å². The maximum absolute atomic E-state index is 9.17. The zero-order chi connectivity index (χ0) is 83.2. The largest absolute Gasteiger partial charge is 0.394 e. The van der Waals surface area contributed by atoms with E-state index in [9.17, 15) is 5.11 Å². The number of aliphatic hydroxyl groups is 2. The van der Waals surface area contributed by atoms with Crippen LogP contribution in [0.1, 0.15) is 49.1 Å². The monoisotopic (exact) mass is 1860 g/mol. The summed E-state index contributed by atoms with van der Waals surface area (Å²) in [6.07, 6.45) is 13.8. The van der Waals surface area contributed by atoms with Gasteiger partial charge < -0.3 is 31.5 Å². The number of thioether (sulfide) groups is 5. The number of aryl methyl sites for hydroxylation is 4. The molecule has 0 saturated carbocycles. The lowest BCUT2D eigenvalue weighted by Gasteiger charge is -2.26. The molecule has 0 saturated heterocycles. The first-order chi connectivity index (χ1) is 56.6. The molecule has 0 fully saturated rings. The first kappa shape index (κ1) is 88.4. The Balaban J connectivity index is 0.000000139. The number of nitrogen functional groups attached to an aromatic ring is 1. The maximum Gasteiger partial charge on any atom is 0.206 e. The first-order valence-electron chi connectivity index (χ1n) is 36.9. The number of nitrogens with one attached hydrogen (secondary N) is 2. The normalized spacial score (nSPS) is 13.2. The van der Waals surface area contributed by atoms with Crippen molar-refractivity contribution in [2.24, 2.45) is 9.98 Å². The number of aliphatic imine (C=N–C) groups is 2. The molecule has 2 aliphatic rings. The van der Waals surface area contributed by atoms with Gasteiger partial charge in [-0.25, -0.2) is 54.8 Å². The van der Waals surface area contributed by atoms with E-state index in [0.29, 0.717) is 38.4 Å². The summed E-state index contributed by atoms with van der Waals surface area (Å²) in [4.78, 5) is 61.3. The lowest BCUT2D eigenvalue weighted by Crippen LogP contribution is -2.36. The first-order valence-corrected chi connectivity index (χ1v) is 45.8. The van der Waals surface area contributed by atoms with Crippen LogP contribution in [0.2, 0.25) is 5.15 Å². The minimum atomic E-state index is -0.0699. The molecule has 0 bridgehead atoms. The van der Waals surface area contributed by atoms with Crippen LogP contribution in [0, 0.1) is 27.7 Å². The molecule has 21 nitrogen and oxygen atoms in total. The van der Waals surface area contributed by atoms with Gasteiger partial charge in [0, 0.05) is 87.9 Å². The van der Waals surface area contributed by atoms with E-state index in [1.807, 2.05) is 252 Å². The van der Waals surface area contributed by atoms with Gasteiger partial charge in [-0.1, -0.05) is 252 Å². The Morgan fingerprint density at radius 1 is 0.470 bits per heavy atom. The van der Waals surface area contributed by atoms with Crippen LogP contribution in [-0.4, -0.2) is 159 Å². The fourth-order valence-electron chi connectivity index (χ4n) is 12.1. The summed E-state index contributed by atoms with van der Waals surface area (Å²) in [6, 6.07) is 68.4. The maximum atomic E-state index is 9.17. The molecule has 10 heterocycles. The number of aliphatic hydroxyl groups excluding tert-OH is 2. The average molecular weight is 1870 g/mol. The van der Waals surface area contributed by atoms with Crippen molar-refractivity contribution in [1.82, 2.24) is 68.5 Å². The van der Waals surface area contributed by atoms with Crippen molar-refractivity contribution in [3.05, 3.63) is 266 Å². The van der Waals surface area contributed by atoms with Crippen molar-refractivity contribution in [3.63, 3.8) is 0 Å². The van der Waals surface area contributed by atoms with E-state index in [1.54, 1.807) is 29.6 Å². The van der Waals surface area contributed by atoms with Crippen molar-refractivity contribution >= 4 is 164 Å². The topological polar surface area (TPSA) is 269 Å². The van der Waals surface area contributed by atoms with E-state index in [1.165, 1.54) is 35.3 Å². The number of rotatable bonds is 17. The summed E-state index contributed by atoms with van der Waals surface area (Å²) < 4.78 is 6.60. The molecule has 117 heavy (non-hydrogen) atoms. The molecule has 600 valence electrons. The minimum absolute atomic E-state index is 0.0340. The number of hydrogen-bond acceptors (Lipinski definition) is 24. The van der Waals surface area contributed by atoms with Crippen LogP contribution in [-0.2, 0) is 0 Å². The highest BCUT2D eigenvalue weighted by atomic mass is 79.9. The van der Waals surface area contributed by atoms with Crippen LogP contribution in [0.4, 0.5) is 17.6 Å². The van der Waals surface area contributed by atoms with Gasteiger partial charge in [0.1, 0.15) is 28.3 Å². The van der Waals surface area contributed by atoms with Crippen molar-refractivity contribution in [3.8, 4) is 67.4 Å². The van der Waals surface area contributed by atoms with Crippen LogP contribution in [0.25, 0.3) is 84.4 Å². The summed E-state index contributed by atoms with van der Waals surface area (Å²) in [5, 5.41) is 29.2. The molecule has 3 unspecified atom stereocenters. The van der Waals surface area contributed by atoms with Gasteiger partial charge in [0.25, 0.3) is 0 Å². The van der Waals surface area contributed by atoms with Crippen molar-refractivity contribution in [1.29, 1.82) is 0 Å². The van der Waals surface area contributed by atoms with Gasteiger partial charge in [-0.2, -0.15) is 0 Å². The number of imidazole rings is 2. The molecule has 0 radical (unpaired) electrons. The highest BCUT2D eigenvalue weighted by Crippen LogP contribution is 2.40. The predicted molar refractivity (Wildman–Crippen MR) is 501 cm³/mol. The third-order valence-corrected chi connectivity index (χ3v) is 22.8. The zero-order valence-corrected chi connectivity index (χ0v) is 75.9. The average Bonchev–Trinajstić information content (AvgIpc) is 1.69. The molecule has 30 heteroatoms. The van der Waals surface area contributed by atoms with Crippen LogP contribution < -0.4 is 16.4 Å². The number of anilines is 3. The van der Waals surface area contributed by atoms with E-state index in [4.69, 9.17) is 47.4 Å². The lowest BCUT2D eigenvalue weighted by molar-refractivity contribution is 0.281. The van der Waals surface area contributed by atoms with E-state index < -0.39 is 0 Å². The molecule has 0 amide bonds. The van der Waals surface area contributed by atoms with Crippen LogP contribution in [0.5, 0.6) is 0 Å². The Bertz CT molecular complexity index is 5770. The number of benzene rings is 6. The van der Waals surface area contributed by atoms with Crippen molar-refractivity contribution < 1.29 is 10.2 Å². The number of halogens is 4. The summed E-state index contributed by atoms with van der Waals surface area (Å²) in [6.45, 7) is 14.9. The number of aromatic nitrogens is 13. The number of hydrogen-bond donors (Lipinski definition) is 5. The molecule has 0 spiro atoms. The predicted octanol–water partition coefficient (Wildman–Crippen LogP) is 21.3. The molecular formula is C87H87Br3ClN19O2S5. The highest BCUT2D eigenvalue weighted by molar-refractivity contribution is 9.12. The quantitative estimate of drug-likeness (QED) is 0.0322. The minimum Gasteiger partial charge on any atom is -0.394 e. The molecule has 6 aromatic carbocycles. The molecule has 6 N–H and O–H groups in total. The zero-order valence-electron chi connectivity index (χ0n) is 66.3. The van der Waals surface area contributed by atoms with Gasteiger partial charge in [-0.05, 0) is 145 Å². The Morgan fingerprint density at radius 2 is 0.932 bits per heavy atom. The molecule has 8 aromatic heterocycles.